The van der Waals surface area contributed by atoms with Crippen molar-refractivity contribution in [2.24, 2.45) is 0 Å². The van der Waals surface area contributed by atoms with E-state index in [1.54, 1.807) is 0 Å². The summed E-state index contributed by atoms with van der Waals surface area (Å²) < 4.78 is 0. The molecule has 2 aliphatic carbocycles. The van der Waals surface area contributed by atoms with Gasteiger partial charge in [0.15, 0.2) is 0 Å². The average molecular weight is 499 g/mol. The molecular formula is C33H46N4. The minimum absolute atomic E-state index is 0.461. The molecule has 0 saturated heterocycles. The molecule has 3 aromatic rings. The molecule has 5 rings (SSSR count). The number of anilines is 5. The van der Waals surface area contributed by atoms with E-state index in [2.05, 4.69) is 95.8 Å². The minimum atomic E-state index is 0.461. The highest BCUT2D eigenvalue weighted by Crippen LogP contribution is 2.25. The van der Waals surface area contributed by atoms with Crippen LogP contribution in [0.1, 0.15) is 78.1 Å². The molecule has 198 valence electrons. The van der Waals surface area contributed by atoms with Gasteiger partial charge in [0.05, 0.1) is 0 Å². The molecule has 2 aliphatic rings. The van der Waals surface area contributed by atoms with Crippen LogP contribution in [0.4, 0.5) is 28.4 Å². The summed E-state index contributed by atoms with van der Waals surface area (Å²) in [5.41, 5.74) is 5.93. The largest absolute Gasteiger partial charge is 0.383 e. The minimum Gasteiger partial charge on any atom is -0.383 e. The van der Waals surface area contributed by atoms with E-state index in [-0.39, 0.29) is 0 Å². The average Bonchev–Trinajstić information content (AvgIpc) is 2.93. The summed E-state index contributed by atoms with van der Waals surface area (Å²) in [6.45, 7) is 4.27. The molecule has 0 aromatic heterocycles. The first-order valence-corrected chi connectivity index (χ1v) is 14.5. The van der Waals surface area contributed by atoms with Gasteiger partial charge < -0.3 is 21.3 Å². The van der Waals surface area contributed by atoms with Crippen LogP contribution in [0.3, 0.4) is 0 Å². The van der Waals surface area contributed by atoms with Crippen LogP contribution in [0.2, 0.25) is 0 Å². The molecule has 3 aromatic carbocycles. The maximum atomic E-state index is 3.68. The lowest BCUT2D eigenvalue weighted by atomic mass is 9.95. The summed E-state index contributed by atoms with van der Waals surface area (Å²) in [4.78, 5) is 0. The Labute approximate surface area is 224 Å². The summed E-state index contributed by atoms with van der Waals surface area (Å²) in [6.07, 6.45) is 13.7. The van der Waals surface area contributed by atoms with E-state index in [0.717, 1.165) is 17.1 Å². The number of benzene rings is 3. The van der Waals surface area contributed by atoms with E-state index in [1.807, 2.05) is 18.2 Å². The van der Waals surface area contributed by atoms with Crippen LogP contribution >= 0.6 is 0 Å². The quantitative estimate of drug-likeness (QED) is 0.250. The van der Waals surface area contributed by atoms with Crippen molar-refractivity contribution in [2.75, 3.05) is 21.3 Å². The molecule has 4 N–H and O–H groups in total. The smallest absolute Gasteiger partial charge is 0.0385 e. The Morgan fingerprint density at radius 2 is 0.892 bits per heavy atom. The van der Waals surface area contributed by atoms with E-state index in [1.165, 1.54) is 75.6 Å². The van der Waals surface area contributed by atoms with E-state index in [9.17, 15) is 0 Å². The van der Waals surface area contributed by atoms with E-state index < -0.39 is 0 Å². The Bertz CT molecular complexity index is 963. The van der Waals surface area contributed by atoms with Crippen molar-refractivity contribution in [1.29, 1.82) is 0 Å². The molecule has 4 nitrogen and oxygen atoms in total. The van der Waals surface area contributed by atoms with E-state index in [0.29, 0.717) is 18.1 Å². The predicted molar refractivity (Wildman–Crippen MR) is 162 cm³/mol. The van der Waals surface area contributed by atoms with Gasteiger partial charge in [-0.05, 0) is 100 Å². The first-order chi connectivity index (χ1) is 18.1. The van der Waals surface area contributed by atoms with Crippen molar-refractivity contribution in [1.82, 2.24) is 0 Å². The second-order valence-electron chi connectivity index (χ2n) is 10.9. The zero-order chi connectivity index (χ0) is 25.7. The van der Waals surface area contributed by atoms with Crippen molar-refractivity contribution in [2.45, 2.75) is 96.2 Å². The predicted octanol–water partition coefficient (Wildman–Crippen LogP) is 9.43. The first-order valence-electron chi connectivity index (χ1n) is 14.5. The van der Waals surface area contributed by atoms with Crippen LogP contribution in [-0.2, 0) is 0 Å². The zero-order valence-electron chi connectivity index (χ0n) is 22.8. The van der Waals surface area contributed by atoms with Crippen molar-refractivity contribution >= 4 is 28.4 Å². The van der Waals surface area contributed by atoms with Gasteiger partial charge in [-0.3, -0.25) is 0 Å². The fourth-order valence-corrected chi connectivity index (χ4v) is 5.30. The molecule has 37 heavy (non-hydrogen) atoms. The van der Waals surface area contributed by atoms with Crippen LogP contribution in [0.15, 0.2) is 78.9 Å². The fraction of sp³-hybridized carbons (Fsp3) is 0.455. The number of nitrogens with one attached hydrogen (secondary N) is 4. The molecule has 2 fully saturated rings. The fourth-order valence-electron chi connectivity index (χ4n) is 5.30. The van der Waals surface area contributed by atoms with Crippen molar-refractivity contribution in [3.63, 3.8) is 0 Å². The molecule has 0 unspecified atom stereocenters. The summed E-state index contributed by atoms with van der Waals surface area (Å²) in [6, 6.07) is 29.3. The number of rotatable bonds is 8. The lowest BCUT2D eigenvalue weighted by Crippen LogP contribution is -2.23. The van der Waals surface area contributed by atoms with Gasteiger partial charge in [-0.2, -0.15) is 0 Å². The maximum absolute atomic E-state index is 3.68. The second-order valence-corrected chi connectivity index (χ2v) is 10.9. The maximum Gasteiger partial charge on any atom is 0.0385 e. The molecule has 2 saturated carbocycles. The van der Waals surface area contributed by atoms with Gasteiger partial charge in [0.1, 0.15) is 0 Å². The van der Waals surface area contributed by atoms with Crippen LogP contribution in [0, 0.1) is 0 Å². The highest BCUT2D eigenvalue weighted by atomic mass is 14.9. The molecule has 0 amide bonds. The Hall–Kier alpha value is -3.14. The normalized spacial score (nSPS) is 16.4. The molecule has 0 heterocycles. The molecule has 0 spiro atoms. The number of para-hydroxylation sites is 1. The van der Waals surface area contributed by atoms with Crippen LogP contribution in [0.5, 0.6) is 0 Å². The Kier molecular flexibility index (Phi) is 10.6. The van der Waals surface area contributed by atoms with Crippen molar-refractivity contribution in [3.05, 3.63) is 78.9 Å². The zero-order valence-corrected chi connectivity index (χ0v) is 22.8. The lowest BCUT2D eigenvalue weighted by molar-refractivity contribution is 0.462. The number of hydrogen-bond donors (Lipinski definition) is 4. The van der Waals surface area contributed by atoms with Gasteiger partial charge in [-0.1, -0.05) is 56.7 Å². The Balaban J connectivity index is 0.000000176. The van der Waals surface area contributed by atoms with Gasteiger partial charge >= 0.3 is 0 Å². The first kappa shape index (κ1) is 26.9. The molecule has 0 radical (unpaired) electrons. The van der Waals surface area contributed by atoms with Crippen molar-refractivity contribution < 1.29 is 0 Å². The highest BCUT2D eigenvalue weighted by Gasteiger charge is 2.14. The van der Waals surface area contributed by atoms with Gasteiger partial charge in [-0.25, -0.2) is 0 Å². The SMILES string of the molecule is CC(C)Nc1ccc(Nc2ccccc2)cc1.c1cc(NC2CCCCC2)ccc1NC1CCCCC1. The third-order valence-corrected chi connectivity index (χ3v) is 7.24. The second kappa shape index (κ2) is 14.6. The molecular weight excluding hydrogens is 452 g/mol. The Morgan fingerprint density at radius 1 is 0.486 bits per heavy atom. The van der Waals surface area contributed by atoms with E-state index in [4.69, 9.17) is 0 Å². The monoisotopic (exact) mass is 498 g/mol. The van der Waals surface area contributed by atoms with Gasteiger partial charge in [-0.15, -0.1) is 0 Å². The highest BCUT2D eigenvalue weighted by molar-refractivity contribution is 5.62. The molecule has 4 heteroatoms. The lowest BCUT2D eigenvalue weighted by Gasteiger charge is -2.25. The summed E-state index contributed by atoms with van der Waals surface area (Å²) >= 11 is 0. The topological polar surface area (TPSA) is 48.1 Å². The molecule has 0 bridgehead atoms. The Morgan fingerprint density at radius 3 is 1.35 bits per heavy atom. The molecule has 0 atom stereocenters. The van der Waals surface area contributed by atoms with Crippen LogP contribution in [-0.4, -0.2) is 18.1 Å². The van der Waals surface area contributed by atoms with Crippen molar-refractivity contribution in [3.8, 4) is 0 Å². The molecule has 0 aliphatic heterocycles. The van der Waals surface area contributed by atoms with Gasteiger partial charge in [0.2, 0.25) is 0 Å². The summed E-state index contributed by atoms with van der Waals surface area (Å²) in [5, 5.41) is 14.1. The summed E-state index contributed by atoms with van der Waals surface area (Å²) in [7, 11) is 0. The van der Waals surface area contributed by atoms with Gasteiger partial charge in [0.25, 0.3) is 0 Å². The number of hydrogen-bond acceptors (Lipinski definition) is 4. The third-order valence-electron chi connectivity index (χ3n) is 7.24. The van der Waals surface area contributed by atoms with Crippen LogP contribution in [0.25, 0.3) is 0 Å². The van der Waals surface area contributed by atoms with Gasteiger partial charge in [0, 0.05) is 46.6 Å². The summed E-state index contributed by atoms with van der Waals surface area (Å²) in [5.74, 6) is 0. The standard InChI is InChI=1S/C18H28N2.C15H18N2/c1-3-7-15(8-4-1)19-17-11-13-18(14-12-17)20-16-9-5-2-6-10-16;1-12(2)16-14-8-10-15(11-9-14)17-13-6-4-3-5-7-13/h11-16,19-20H,1-10H2;3-12,16-17H,1-2H3. The third kappa shape index (κ3) is 9.68. The van der Waals surface area contributed by atoms with Crippen LogP contribution < -0.4 is 21.3 Å². The van der Waals surface area contributed by atoms with E-state index >= 15 is 0 Å².